The lowest BCUT2D eigenvalue weighted by Crippen LogP contribution is -2.46. The maximum absolute atomic E-state index is 11.0. The van der Waals surface area contributed by atoms with Gasteiger partial charge >= 0.3 is 5.97 Å². The summed E-state index contributed by atoms with van der Waals surface area (Å²) in [7, 11) is 0. The number of carbonyl (C=O) groups is 1. The summed E-state index contributed by atoms with van der Waals surface area (Å²) in [6, 6.07) is 7.10. The Labute approximate surface area is 103 Å². The van der Waals surface area contributed by atoms with E-state index in [9.17, 15) is 4.79 Å². The van der Waals surface area contributed by atoms with Crippen LogP contribution in [0.2, 0.25) is 0 Å². The van der Waals surface area contributed by atoms with E-state index >= 15 is 0 Å². The number of nitrogens with two attached hydrogens (primary N) is 1. The summed E-state index contributed by atoms with van der Waals surface area (Å²) in [6.07, 6.45) is 0. The van der Waals surface area contributed by atoms with Crippen molar-refractivity contribution in [2.75, 3.05) is 0 Å². The molecule has 0 aliphatic carbocycles. The van der Waals surface area contributed by atoms with Crippen LogP contribution in [0.4, 0.5) is 0 Å². The van der Waals surface area contributed by atoms with Gasteiger partial charge in [0.05, 0.1) is 0 Å². The van der Waals surface area contributed by atoms with Crippen LogP contribution in [-0.4, -0.2) is 17.1 Å². The lowest BCUT2D eigenvalue weighted by atomic mass is 9.77. The van der Waals surface area contributed by atoms with Gasteiger partial charge in [0.25, 0.3) is 0 Å². The van der Waals surface area contributed by atoms with Crippen LogP contribution in [0.3, 0.4) is 0 Å². The second-order valence-corrected chi connectivity index (χ2v) is 5.32. The molecule has 1 aromatic rings. The molecule has 0 amide bonds. The minimum absolute atomic E-state index is 0.423. The van der Waals surface area contributed by atoms with Gasteiger partial charge in [0.1, 0.15) is 6.04 Å². The molecule has 17 heavy (non-hydrogen) atoms. The van der Waals surface area contributed by atoms with Crippen molar-refractivity contribution in [3.63, 3.8) is 0 Å². The first-order chi connectivity index (χ1) is 7.76. The second-order valence-electron chi connectivity index (χ2n) is 5.32. The van der Waals surface area contributed by atoms with Gasteiger partial charge in [0, 0.05) is 5.41 Å². The molecule has 0 spiro atoms. The van der Waals surface area contributed by atoms with Crippen molar-refractivity contribution in [2.45, 2.75) is 45.1 Å². The third-order valence-electron chi connectivity index (χ3n) is 3.34. The molecule has 0 saturated carbocycles. The van der Waals surface area contributed by atoms with Crippen LogP contribution in [0.1, 0.15) is 44.7 Å². The summed E-state index contributed by atoms with van der Waals surface area (Å²) < 4.78 is 0. The molecule has 0 aromatic heterocycles. The van der Waals surface area contributed by atoms with Gasteiger partial charge < -0.3 is 10.8 Å². The number of benzene rings is 1. The van der Waals surface area contributed by atoms with Crippen LogP contribution in [0.25, 0.3) is 0 Å². The van der Waals surface area contributed by atoms with Crippen LogP contribution in [0, 0.1) is 0 Å². The van der Waals surface area contributed by atoms with Crippen LogP contribution in [0.15, 0.2) is 24.3 Å². The number of carboxylic acid groups (broad SMARTS) is 1. The first kappa shape index (κ1) is 13.7. The van der Waals surface area contributed by atoms with Crippen molar-refractivity contribution in [2.24, 2.45) is 5.73 Å². The van der Waals surface area contributed by atoms with Crippen LogP contribution in [-0.2, 0) is 10.2 Å². The summed E-state index contributed by atoms with van der Waals surface area (Å²) >= 11 is 0. The standard InChI is InChI=1S/C14H21NO2/c1-9(2)10-6-5-7-11(8-10)14(3,4)12(15)13(16)17/h5-9,12H,15H2,1-4H3,(H,16,17). The van der Waals surface area contributed by atoms with Crippen molar-refractivity contribution in [1.82, 2.24) is 0 Å². The summed E-state index contributed by atoms with van der Waals surface area (Å²) in [5.41, 5.74) is 7.35. The predicted molar refractivity (Wildman–Crippen MR) is 69.2 cm³/mol. The molecular formula is C14H21NO2. The molecule has 1 unspecified atom stereocenters. The predicted octanol–water partition coefficient (Wildman–Crippen LogP) is 2.50. The highest BCUT2D eigenvalue weighted by atomic mass is 16.4. The van der Waals surface area contributed by atoms with Crippen molar-refractivity contribution in [3.05, 3.63) is 35.4 Å². The molecule has 1 rings (SSSR count). The third-order valence-corrected chi connectivity index (χ3v) is 3.34. The van der Waals surface area contributed by atoms with Gasteiger partial charge in [0.2, 0.25) is 0 Å². The number of aliphatic carboxylic acids is 1. The molecule has 0 aliphatic rings. The van der Waals surface area contributed by atoms with Gasteiger partial charge in [-0.15, -0.1) is 0 Å². The number of hydrogen-bond donors (Lipinski definition) is 2. The van der Waals surface area contributed by atoms with Crippen LogP contribution < -0.4 is 5.73 Å². The largest absolute Gasteiger partial charge is 0.480 e. The average Bonchev–Trinajstić information content (AvgIpc) is 2.28. The highest BCUT2D eigenvalue weighted by Gasteiger charge is 2.33. The number of hydrogen-bond acceptors (Lipinski definition) is 2. The minimum Gasteiger partial charge on any atom is -0.480 e. The molecule has 3 heteroatoms. The molecule has 0 bridgehead atoms. The van der Waals surface area contributed by atoms with Gasteiger partial charge in [-0.2, -0.15) is 0 Å². The van der Waals surface area contributed by atoms with E-state index in [0.717, 1.165) is 5.56 Å². The summed E-state index contributed by atoms with van der Waals surface area (Å²) in [4.78, 5) is 11.0. The molecule has 0 saturated heterocycles. The van der Waals surface area contributed by atoms with E-state index in [2.05, 4.69) is 19.9 Å². The Morgan fingerprint density at radius 3 is 2.41 bits per heavy atom. The fourth-order valence-corrected chi connectivity index (χ4v) is 1.79. The van der Waals surface area contributed by atoms with E-state index in [0.29, 0.717) is 5.92 Å². The topological polar surface area (TPSA) is 63.3 Å². The van der Waals surface area contributed by atoms with Gasteiger partial charge in [-0.1, -0.05) is 52.0 Å². The van der Waals surface area contributed by atoms with Gasteiger partial charge in [-0.05, 0) is 17.0 Å². The maximum atomic E-state index is 11.0. The fourth-order valence-electron chi connectivity index (χ4n) is 1.79. The molecule has 0 aliphatic heterocycles. The fraction of sp³-hybridized carbons (Fsp3) is 0.500. The molecule has 3 N–H and O–H groups in total. The Morgan fingerprint density at radius 2 is 1.94 bits per heavy atom. The van der Waals surface area contributed by atoms with Crippen LogP contribution in [0.5, 0.6) is 0 Å². The monoisotopic (exact) mass is 235 g/mol. The first-order valence-corrected chi connectivity index (χ1v) is 5.85. The van der Waals surface area contributed by atoms with Crippen molar-refractivity contribution in [1.29, 1.82) is 0 Å². The second kappa shape index (κ2) is 4.88. The maximum Gasteiger partial charge on any atom is 0.321 e. The van der Waals surface area contributed by atoms with E-state index in [-0.39, 0.29) is 0 Å². The summed E-state index contributed by atoms with van der Waals surface area (Å²) in [5.74, 6) is -0.545. The van der Waals surface area contributed by atoms with Gasteiger partial charge in [0.15, 0.2) is 0 Å². The van der Waals surface area contributed by atoms with Crippen molar-refractivity contribution in [3.8, 4) is 0 Å². The Balaban J connectivity index is 3.14. The minimum atomic E-state index is -0.968. The van der Waals surface area contributed by atoms with E-state index < -0.39 is 17.4 Å². The quantitative estimate of drug-likeness (QED) is 0.842. The summed E-state index contributed by atoms with van der Waals surface area (Å²) in [5, 5.41) is 9.03. The molecule has 94 valence electrons. The van der Waals surface area contributed by atoms with E-state index in [4.69, 9.17) is 10.8 Å². The molecule has 1 aromatic carbocycles. The zero-order valence-corrected chi connectivity index (χ0v) is 10.9. The molecule has 0 heterocycles. The SMILES string of the molecule is CC(C)c1cccc(C(C)(C)C(N)C(=O)O)c1. The third kappa shape index (κ3) is 2.86. The summed E-state index contributed by atoms with van der Waals surface area (Å²) in [6.45, 7) is 7.96. The molecule has 0 fully saturated rings. The molecular weight excluding hydrogens is 214 g/mol. The molecule has 1 atom stereocenters. The Bertz CT molecular complexity index is 410. The molecule has 3 nitrogen and oxygen atoms in total. The molecule has 0 radical (unpaired) electrons. The Morgan fingerprint density at radius 1 is 1.35 bits per heavy atom. The van der Waals surface area contributed by atoms with E-state index in [1.165, 1.54) is 5.56 Å². The van der Waals surface area contributed by atoms with Gasteiger partial charge in [-0.3, -0.25) is 4.79 Å². The Kier molecular flexibility index (Phi) is 3.94. The van der Waals surface area contributed by atoms with Crippen LogP contribution >= 0.6 is 0 Å². The van der Waals surface area contributed by atoms with Crippen molar-refractivity contribution < 1.29 is 9.90 Å². The number of rotatable bonds is 4. The van der Waals surface area contributed by atoms with Crippen molar-refractivity contribution >= 4 is 5.97 Å². The Hall–Kier alpha value is -1.35. The number of carboxylic acids is 1. The lowest BCUT2D eigenvalue weighted by molar-refractivity contribution is -0.140. The lowest BCUT2D eigenvalue weighted by Gasteiger charge is -2.29. The zero-order valence-electron chi connectivity index (χ0n) is 10.9. The van der Waals surface area contributed by atoms with E-state index in [1.54, 1.807) is 0 Å². The zero-order chi connectivity index (χ0) is 13.2. The average molecular weight is 235 g/mol. The normalized spacial score (nSPS) is 13.8. The highest BCUT2D eigenvalue weighted by Crippen LogP contribution is 2.28. The smallest absolute Gasteiger partial charge is 0.321 e. The van der Waals surface area contributed by atoms with Gasteiger partial charge in [-0.25, -0.2) is 0 Å². The highest BCUT2D eigenvalue weighted by molar-refractivity contribution is 5.75. The van der Waals surface area contributed by atoms with E-state index in [1.807, 2.05) is 32.0 Å². The first-order valence-electron chi connectivity index (χ1n) is 5.85.